The van der Waals surface area contributed by atoms with Crippen molar-refractivity contribution in [1.82, 2.24) is 4.90 Å². The summed E-state index contributed by atoms with van der Waals surface area (Å²) in [5.41, 5.74) is 1.86. The highest BCUT2D eigenvalue weighted by Gasteiger charge is 2.12. The molecule has 0 aromatic heterocycles. The maximum Gasteiger partial charge on any atom is 0.253 e. The van der Waals surface area contributed by atoms with E-state index in [1.807, 2.05) is 37.4 Å². The molecule has 4 heteroatoms. The van der Waals surface area contributed by atoms with Gasteiger partial charge in [0, 0.05) is 22.7 Å². The Balaban J connectivity index is 1.99. The molecule has 0 saturated carbocycles. The third-order valence-corrected chi connectivity index (χ3v) is 4.66. The summed E-state index contributed by atoms with van der Waals surface area (Å²) in [5.74, 6) is -0.000712. The van der Waals surface area contributed by atoms with Crippen molar-refractivity contribution >= 4 is 40.1 Å². The van der Waals surface area contributed by atoms with Crippen molar-refractivity contribution < 1.29 is 4.79 Å². The Morgan fingerprint density at radius 1 is 1.20 bits per heavy atom. The van der Waals surface area contributed by atoms with Crippen LogP contribution < -0.4 is 0 Å². The second kappa shape index (κ2) is 7.09. The first-order valence-electron chi connectivity index (χ1n) is 6.32. The zero-order chi connectivity index (χ0) is 14.5. The Morgan fingerprint density at radius 3 is 2.55 bits per heavy atom. The summed E-state index contributed by atoms with van der Waals surface area (Å²) in [6, 6.07) is 15.6. The van der Waals surface area contributed by atoms with Crippen LogP contribution in [0, 0.1) is 3.57 Å². The van der Waals surface area contributed by atoms with Crippen LogP contribution in [0.3, 0.4) is 0 Å². The molecule has 2 rings (SSSR count). The van der Waals surface area contributed by atoms with E-state index >= 15 is 0 Å². The number of likely N-dealkylation sites (N-methyl/N-ethyl adjacent to an activating group) is 1. The van der Waals surface area contributed by atoms with Gasteiger partial charge in [-0.1, -0.05) is 41.9 Å². The van der Waals surface area contributed by atoms with Crippen LogP contribution >= 0.6 is 34.2 Å². The molecule has 0 aliphatic heterocycles. The summed E-state index contributed by atoms with van der Waals surface area (Å²) in [4.78, 5) is 14.0. The Hall–Kier alpha value is -1.07. The predicted octanol–water partition coefficient (Wildman–Crippen LogP) is 4.26. The highest BCUT2D eigenvalue weighted by Crippen LogP contribution is 2.20. The van der Waals surface area contributed by atoms with Crippen molar-refractivity contribution in [2.24, 2.45) is 0 Å². The van der Waals surface area contributed by atoms with Gasteiger partial charge in [0.25, 0.3) is 5.91 Å². The number of hydrogen-bond acceptors (Lipinski definition) is 1. The van der Waals surface area contributed by atoms with Crippen molar-refractivity contribution in [3.63, 3.8) is 0 Å². The molecule has 2 aromatic carbocycles. The molecule has 0 spiro atoms. The molecular weight excluding hydrogens is 385 g/mol. The molecule has 104 valence electrons. The van der Waals surface area contributed by atoms with Crippen LogP contribution in [-0.4, -0.2) is 24.4 Å². The maximum atomic E-state index is 12.3. The summed E-state index contributed by atoms with van der Waals surface area (Å²) in [5, 5.41) is 0.618. The number of nitrogens with zero attached hydrogens (tertiary/aromatic N) is 1. The first-order valence-corrected chi connectivity index (χ1v) is 7.78. The van der Waals surface area contributed by atoms with Gasteiger partial charge in [0.05, 0.1) is 5.02 Å². The third kappa shape index (κ3) is 3.96. The molecule has 1 amide bonds. The molecule has 2 aromatic rings. The molecule has 0 N–H and O–H groups in total. The lowest BCUT2D eigenvalue weighted by atomic mass is 10.1. The van der Waals surface area contributed by atoms with Crippen LogP contribution in [0.15, 0.2) is 48.5 Å². The summed E-state index contributed by atoms with van der Waals surface area (Å²) in [7, 11) is 1.82. The van der Waals surface area contributed by atoms with E-state index in [1.54, 1.807) is 11.0 Å². The monoisotopic (exact) mass is 399 g/mol. The quantitative estimate of drug-likeness (QED) is 0.704. The fourth-order valence-electron chi connectivity index (χ4n) is 1.89. The molecule has 0 fully saturated rings. The minimum absolute atomic E-state index is 0.000712. The van der Waals surface area contributed by atoms with Gasteiger partial charge in [0.1, 0.15) is 0 Å². The number of amides is 1. The predicted molar refractivity (Wildman–Crippen MR) is 91.3 cm³/mol. The molecule has 0 heterocycles. The first-order chi connectivity index (χ1) is 9.58. The van der Waals surface area contributed by atoms with E-state index in [9.17, 15) is 4.79 Å². The van der Waals surface area contributed by atoms with E-state index < -0.39 is 0 Å². The lowest BCUT2D eigenvalue weighted by molar-refractivity contribution is 0.0796. The molecule has 0 unspecified atom stereocenters. The molecular formula is C16H15ClINO. The number of halogens is 2. The minimum Gasteiger partial charge on any atom is -0.341 e. The summed E-state index contributed by atoms with van der Waals surface area (Å²) in [6.45, 7) is 0.687. The highest BCUT2D eigenvalue weighted by molar-refractivity contribution is 14.1. The third-order valence-electron chi connectivity index (χ3n) is 3.09. The fourth-order valence-corrected chi connectivity index (χ4v) is 2.41. The maximum absolute atomic E-state index is 12.3. The second-order valence-corrected chi connectivity index (χ2v) is 6.16. The topological polar surface area (TPSA) is 20.3 Å². The molecule has 0 radical (unpaired) electrons. The van der Waals surface area contributed by atoms with E-state index in [4.69, 9.17) is 11.6 Å². The summed E-state index contributed by atoms with van der Waals surface area (Å²) >= 11 is 8.21. The lowest BCUT2D eigenvalue weighted by Gasteiger charge is -2.17. The molecule has 0 saturated heterocycles. The smallest absolute Gasteiger partial charge is 0.253 e. The number of carbonyl (C=O) groups excluding carboxylic acids is 1. The van der Waals surface area contributed by atoms with Gasteiger partial charge in [-0.15, -0.1) is 0 Å². The van der Waals surface area contributed by atoms with Crippen molar-refractivity contribution in [2.75, 3.05) is 13.6 Å². The zero-order valence-electron chi connectivity index (χ0n) is 11.1. The van der Waals surface area contributed by atoms with Crippen LogP contribution in [0.1, 0.15) is 15.9 Å². The van der Waals surface area contributed by atoms with Gasteiger partial charge < -0.3 is 4.90 Å². The summed E-state index contributed by atoms with van der Waals surface area (Å²) < 4.78 is 0.952. The van der Waals surface area contributed by atoms with Gasteiger partial charge in [-0.25, -0.2) is 0 Å². The molecule has 20 heavy (non-hydrogen) atoms. The largest absolute Gasteiger partial charge is 0.341 e. The Labute approximate surface area is 137 Å². The Bertz CT molecular complexity index is 601. The van der Waals surface area contributed by atoms with E-state index in [0.717, 1.165) is 9.99 Å². The van der Waals surface area contributed by atoms with E-state index in [-0.39, 0.29) is 5.91 Å². The fraction of sp³-hybridized carbons (Fsp3) is 0.188. The van der Waals surface area contributed by atoms with Crippen molar-refractivity contribution in [1.29, 1.82) is 0 Å². The van der Waals surface area contributed by atoms with E-state index in [0.29, 0.717) is 17.1 Å². The van der Waals surface area contributed by atoms with E-state index in [1.165, 1.54) is 5.56 Å². The average molecular weight is 400 g/mol. The van der Waals surface area contributed by atoms with Gasteiger partial charge in [0.15, 0.2) is 0 Å². The molecule has 0 bridgehead atoms. The van der Waals surface area contributed by atoms with Crippen LogP contribution in [0.5, 0.6) is 0 Å². The van der Waals surface area contributed by atoms with Crippen molar-refractivity contribution in [3.8, 4) is 0 Å². The normalized spacial score (nSPS) is 10.3. The number of benzene rings is 2. The number of carbonyl (C=O) groups is 1. The van der Waals surface area contributed by atoms with Gasteiger partial charge in [0.2, 0.25) is 0 Å². The zero-order valence-corrected chi connectivity index (χ0v) is 14.1. The Morgan fingerprint density at radius 2 is 1.90 bits per heavy atom. The van der Waals surface area contributed by atoms with Gasteiger partial charge in [-0.2, -0.15) is 0 Å². The lowest BCUT2D eigenvalue weighted by Crippen LogP contribution is -2.28. The highest BCUT2D eigenvalue weighted by atomic mass is 127. The van der Waals surface area contributed by atoms with Crippen LogP contribution in [0.25, 0.3) is 0 Å². The SMILES string of the molecule is CN(CCc1ccccc1)C(=O)c1ccc(I)c(Cl)c1. The second-order valence-electron chi connectivity index (χ2n) is 4.59. The Kier molecular flexibility index (Phi) is 5.43. The van der Waals surface area contributed by atoms with Crippen LogP contribution in [-0.2, 0) is 6.42 Å². The van der Waals surface area contributed by atoms with Crippen LogP contribution in [0.2, 0.25) is 5.02 Å². The van der Waals surface area contributed by atoms with Gasteiger partial charge in [-0.3, -0.25) is 4.79 Å². The molecule has 2 nitrogen and oxygen atoms in total. The van der Waals surface area contributed by atoms with Gasteiger partial charge in [-0.05, 0) is 52.8 Å². The van der Waals surface area contributed by atoms with Crippen LogP contribution in [0.4, 0.5) is 0 Å². The van der Waals surface area contributed by atoms with Crippen molar-refractivity contribution in [2.45, 2.75) is 6.42 Å². The molecule has 0 atom stereocenters. The van der Waals surface area contributed by atoms with E-state index in [2.05, 4.69) is 34.7 Å². The average Bonchev–Trinajstić information content (AvgIpc) is 2.48. The molecule has 0 aliphatic carbocycles. The first kappa shape index (κ1) is 15.3. The van der Waals surface area contributed by atoms with Gasteiger partial charge >= 0.3 is 0 Å². The molecule has 0 aliphatic rings. The summed E-state index contributed by atoms with van der Waals surface area (Å²) in [6.07, 6.45) is 0.848. The van der Waals surface area contributed by atoms with Crippen molar-refractivity contribution in [3.05, 3.63) is 68.3 Å². The minimum atomic E-state index is -0.000712. The standard InChI is InChI=1S/C16H15ClINO/c1-19(10-9-12-5-3-2-4-6-12)16(20)13-7-8-15(18)14(17)11-13/h2-8,11H,9-10H2,1H3. The number of rotatable bonds is 4. The number of hydrogen-bond donors (Lipinski definition) is 0.